The minimum Gasteiger partial charge on any atom is -0.377 e. The van der Waals surface area contributed by atoms with Gasteiger partial charge < -0.3 is 4.74 Å². The molecule has 1 aromatic rings. The van der Waals surface area contributed by atoms with Gasteiger partial charge in [0, 0.05) is 10.0 Å². The number of hydrogen-bond donors (Lipinski definition) is 2. The Hall–Kier alpha value is -0.490. The summed E-state index contributed by atoms with van der Waals surface area (Å²) in [5, 5.41) is 0. The van der Waals surface area contributed by atoms with E-state index in [1.165, 1.54) is 6.07 Å². The molecule has 16 heavy (non-hydrogen) atoms. The third kappa shape index (κ3) is 3.83. The van der Waals surface area contributed by atoms with E-state index >= 15 is 0 Å². The smallest absolute Gasteiger partial charge is 0.128 e. The number of rotatable bonds is 5. The first-order chi connectivity index (χ1) is 7.54. The maximum atomic E-state index is 13.6. The van der Waals surface area contributed by atoms with E-state index in [1.54, 1.807) is 12.1 Å². The second-order valence-electron chi connectivity index (χ2n) is 3.77. The van der Waals surface area contributed by atoms with Crippen LogP contribution in [0.1, 0.15) is 25.5 Å². The van der Waals surface area contributed by atoms with Crippen LogP contribution in [0.25, 0.3) is 0 Å². The summed E-state index contributed by atoms with van der Waals surface area (Å²) in [6.07, 6.45) is 0.0889. The normalized spacial score (nSPS) is 13.1. The van der Waals surface area contributed by atoms with E-state index in [-0.39, 0.29) is 18.0 Å². The topological polar surface area (TPSA) is 47.3 Å². The second kappa shape index (κ2) is 6.30. The lowest BCUT2D eigenvalue weighted by Gasteiger charge is -2.19. The third-order valence-corrected chi connectivity index (χ3v) is 2.62. The predicted octanol–water partition coefficient (Wildman–Crippen LogP) is 2.52. The van der Waals surface area contributed by atoms with Crippen molar-refractivity contribution >= 4 is 15.9 Å². The van der Waals surface area contributed by atoms with Crippen molar-refractivity contribution in [1.82, 2.24) is 5.43 Å². The summed E-state index contributed by atoms with van der Waals surface area (Å²) in [4.78, 5) is 0. The van der Waals surface area contributed by atoms with Crippen molar-refractivity contribution in [1.29, 1.82) is 0 Å². The standard InChI is InChI=1S/C11H16BrFN2O/c1-7(2)16-6-11(15-14)9-5-8(12)3-4-10(9)13/h3-5,7,11,15H,6,14H2,1-2H3. The van der Waals surface area contributed by atoms with Gasteiger partial charge in [0.05, 0.1) is 18.8 Å². The lowest BCUT2D eigenvalue weighted by Crippen LogP contribution is -2.32. The van der Waals surface area contributed by atoms with Crippen LogP contribution in [0.4, 0.5) is 4.39 Å². The summed E-state index contributed by atoms with van der Waals surface area (Å²) in [5.41, 5.74) is 3.05. The van der Waals surface area contributed by atoms with Gasteiger partial charge in [-0.05, 0) is 32.0 Å². The van der Waals surface area contributed by atoms with Crippen LogP contribution in [0.15, 0.2) is 22.7 Å². The largest absolute Gasteiger partial charge is 0.377 e. The SMILES string of the molecule is CC(C)OCC(NN)c1cc(Br)ccc1F. The summed E-state index contributed by atoms with van der Waals surface area (Å²) in [6, 6.07) is 4.40. The molecule has 3 N–H and O–H groups in total. The molecule has 0 radical (unpaired) electrons. The van der Waals surface area contributed by atoms with Crippen LogP contribution in [0.5, 0.6) is 0 Å². The fourth-order valence-corrected chi connectivity index (χ4v) is 1.68. The molecule has 0 aliphatic heterocycles. The van der Waals surface area contributed by atoms with Gasteiger partial charge in [-0.2, -0.15) is 0 Å². The highest BCUT2D eigenvalue weighted by atomic mass is 79.9. The van der Waals surface area contributed by atoms with E-state index in [9.17, 15) is 4.39 Å². The first kappa shape index (κ1) is 13.6. The molecule has 0 aliphatic carbocycles. The Morgan fingerprint density at radius 3 is 2.75 bits per heavy atom. The van der Waals surface area contributed by atoms with E-state index < -0.39 is 0 Å². The molecular formula is C11H16BrFN2O. The molecule has 0 aliphatic rings. The molecular weight excluding hydrogens is 275 g/mol. The zero-order chi connectivity index (χ0) is 12.1. The number of hydrazine groups is 1. The van der Waals surface area contributed by atoms with Crippen LogP contribution < -0.4 is 11.3 Å². The average Bonchev–Trinajstić information content (AvgIpc) is 2.23. The summed E-state index contributed by atoms with van der Waals surface area (Å²) < 4.78 is 19.8. The van der Waals surface area contributed by atoms with Crippen molar-refractivity contribution in [2.45, 2.75) is 26.0 Å². The molecule has 90 valence electrons. The van der Waals surface area contributed by atoms with E-state index in [0.29, 0.717) is 12.2 Å². The molecule has 1 aromatic carbocycles. The molecule has 0 saturated carbocycles. The summed E-state index contributed by atoms with van der Waals surface area (Å²) in [7, 11) is 0. The monoisotopic (exact) mass is 290 g/mol. The minimum atomic E-state index is -0.347. The molecule has 5 heteroatoms. The van der Waals surface area contributed by atoms with Gasteiger partial charge in [0.25, 0.3) is 0 Å². The molecule has 0 amide bonds. The molecule has 0 bridgehead atoms. The van der Waals surface area contributed by atoms with Crippen LogP contribution in [0, 0.1) is 5.82 Å². The number of nitrogens with one attached hydrogen (secondary N) is 1. The predicted molar refractivity (Wildman–Crippen MR) is 65.3 cm³/mol. The lowest BCUT2D eigenvalue weighted by atomic mass is 10.1. The van der Waals surface area contributed by atoms with Crippen LogP contribution in [-0.4, -0.2) is 12.7 Å². The van der Waals surface area contributed by atoms with Gasteiger partial charge in [-0.1, -0.05) is 15.9 Å². The van der Waals surface area contributed by atoms with Gasteiger partial charge in [-0.15, -0.1) is 0 Å². The van der Waals surface area contributed by atoms with Gasteiger partial charge in [0.2, 0.25) is 0 Å². The fraction of sp³-hybridized carbons (Fsp3) is 0.455. The Kier molecular flexibility index (Phi) is 5.34. The number of ether oxygens (including phenoxy) is 1. The van der Waals surface area contributed by atoms with Crippen molar-refractivity contribution in [2.24, 2.45) is 5.84 Å². The van der Waals surface area contributed by atoms with Gasteiger partial charge in [0.1, 0.15) is 5.82 Å². The van der Waals surface area contributed by atoms with Crippen LogP contribution >= 0.6 is 15.9 Å². The highest BCUT2D eigenvalue weighted by Crippen LogP contribution is 2.21. The second-order valence-corrected chi connectivity index (χ2v) is 4.68. The zero-order valence-corrected chi connectivity index (χ0v) is 10.9. The Bertz CT molecular complexity index is 347. The maximum Gasteiger partial charge on any atom is 0.128 e. The average molecular weight is 291 g/mol. The van der Waals surface area contributed by atoms with Crippen LogP contribution in [0.3, 0.4) is 0 Å². The van der Waals surface area contributed by atoms with Crippen molar-refractivity contribution in [3.63, 3.8) is 0 Å². The molecule has 0 fully saturated rings. The van der Waals surface area contributed by atoms with Gasteiger partial charge in [-0.25, -0.2) is 4.39 Å². The first-order valence-corrected chi connectivity index (χ1v) is 5.86. The van der Waals surface area contributed by atoms with Crippen molar-refractivity contribution < 1.29 is 9.13 Å². The summed E-state index contributed by atoms with van der Waals surface area (Å²) in [5.74, 6) is 5.10. The van der Waals surface area contributed by atoms with Gasteiger partial charge in [-0.3, -0.25) is 11.3 Å². The molecule has 0 saturated heterocycles. The Labute approximate surface area is 103 Å². The first-order valence-electron chi connectivity index (χ1n) is 5.07. The van der Waals surface area contributed by atoms with Gasteiger partial charge >= 0.3 is 0 Å². The Morgan fingerprint density at radius 2 is 2.19 bits per heavy atom. The molecule has 0 heterocycles. The summed E-state index contributed by atoms with van der Waals surface area (Å²) in [6.45, 7) is 4.18. The van der Waals surface area contributed by atoms with Crippen molar-refractivity contribution in [2.75, 3.05) is 6.61 Å². The minimum absolute atomic E-state index is 0.0889. The third-order valence-electron chi connectivity index (χ3n) is 2.13. The van der Waals surface area contributed by atoms with Crippen molar-refractivity contribution in [3.8, 4) is 0 Å². The van der Waals surface area contributed by atoms with E-state index in [1.807, 2.05) is 13.8 Å². The molecule has 0 spiro atoms. The van der Waals surface area contributed by atoms with E-state index in [4.69, 9.17) is 10.6 Å². The molecule has 1 rings (SSSR count). The highest BCUT2D eigenvalue weighted by molar-refractivity contribution is 9.10. The Balaban J connectivity index is 2.81. The van der Waals surface area contributed by atoms with Crippen LogP contribution in [0.2, 0.25) is 0 Å². The fourth-order valence-electron chi connectivity index (χ4n) is 1.30. The lowest BCUT2D eigenvalue weighted by molar-refractivity contribution is 0.0604. The Morgan fingerprint density at radius 1 is 1.50 bits per heavy atom. The summed E-state index contributed by atoms with van der Waals surface area (Å²) >= 11 is 3.30. The number of halogens is 2. The molecule has 1 atom stereocenters. The molecule has 3 nitrogen and oxygen atoms in total. The van der Waals surface area contributed by atoms with E-state index in [0.717, 1.165) is 4.47 Å². The number of benzene rings is 1. The van der Waals surface area contributed by atoms with Crippen LogP contribution in [-0.2, 0) is 4.74 Å². The van der Waals surface area contributed by atoms with Gasteiger partial charge in [0.15, 0.2) is 0 Å². The molecule has 1 unspecified atom stereocenters. The zero-order valence-electron chi connectivity index (χ0n) is 9.34. The quantitative estimate of drug-likeness (QED) is 0.647. The maximum absolute atomic E-state index is 13.6. The van der Waals surface area contributed by atoms with Crippen molar-refractivity contribution in [3.05, 3.63) is 34.1 Å². The number of nitrogens with two attached hydrogens (primary N) is 1. The molecule has 0 aromatic heterocycles. The number of hydrogen-bond acceptors (Lipinski definition) is 3. The van der Waals surface area contributed by atoms with E-state index in [2.05, 4.69) is 21.4 Å². The highest BCUT2D eigenvalue weighted by Gasteiger charge is 2.15.